The minimum absolute atomic E-state index is 0.183. The third-order valence-corrected chi connectivity index (χ3v) is 3.61. The van der Waals surface area contributed by atoms with Gasteiger partial charge in [0.25, 0.3) is 11.1 Å². The van der Waals surface area contributed by atoms with Crippen LogP contribution < -0.4 is 22.5 Å². The second-order valence-corrected chi connectivity index (χ2v) is 5.33. The maximum absolute atomic E-state index is 12.1. The number of aromatic nitrogens is 4. The minimum Gasteiger partial charge on any atom is -0.493 e. The van der Waals surface area contributed by atoms with E-state index in [1.807, 2.05) is 4.98 Å². The van der Waals surface area contributed by atoms with Crippen LogP contribution in [0.25, 0.3) is 5.69 Å². The molecule has 0 aliphatic rings. The highest BCUT2D eigenvalue weighted by molar-refractivity contribution is 5.84. The highest BCUT2D eigenvalue weighted by Crippen LogP contribution is 2.18. The van der Waals surface area contributed by atoms with Crippen molar-refractivity contribution in [2.24, 2.45) is 4.99 Å². The molecule has 10 nitrogen and oxygen atoms in total. The van der Waals surface area contributed by atoms with Crippen molar-refractivity contribution in [1.82, 2.24) is 19.5 Å². The van der Waals surface area contributed by atoms with Gasteiger partial charge in [0.2, 0.25) is 5.88 Å². The molecule has 0 spiro atoms. The molecule has 2 aromatic heterocycles. The van der Waals surface area contributed by atoms with E-state index in [9.17, 15) is 24.3 Å². The predicted molar refractivity (Wildman–Crippen MR) is 94.0 cm³/mol. The zero-order valence-corrected chi connectivity index (χ0v) is 13.4. The van der Waals surface area contributed by atoms with Crippen LogP contribution in [0, 0.1) is 6.92 Å². The maximum Gasteiger partial charge on any atom is 0.335 e. The summed E-state index contributed by atoms with van der Waals surface area (Å²) in [4.78, 5) is 56.9. The molecule has 0 saturated heterocycles. The van der Waals surface area contributed by atoms with Crippen molar-refractivity contribution in [2.75, 3.05) is 0 Å². The summed E-state index contributed by atoms with van der Waals surface area (Å²) < 4.78 is 0.926. The first-order valence-corrected chi connectivity index (χ1v) is 7.39. The van der Waals surface area contributed by atoms with E-state index in [1.165, 1.54) is 0 Å². The van der Waals surface area contributed by atoms with E-state index >= 15 is 0 Å². The lowest BCUT2D eigenvalue weighted by atomic mass is 10.2. The quantitative estimate of drug-likeness (QED) is 0.474. The fraction of sp³-hybridized carbons (Fsp3) is 0.0625. The summed E-state index contributed by atoms with van der Waals surface area (Å²) in [6.45, 7) is 1.74. The number of benzene rings is 1. The second-order valence-electron chi connectivity index (χ2n) is 5.33. The number of para-hydroxylation sites is 1. The van der Waals surface area contributed by atoms with Crippen LogP contribution in [0.2, 0.25) is 0 Å². The number of nitrogens with zero attached hydrogens (tertiary/aromatic N) is 2. The Hall–Kier alpha value is -3.95. The number of aromatic amines is 3. The van der Waals surface area contributed by atoms with E-state index in [0.717, 1.165) is 17.0 Å². The van der Waals surface area contributed by atoms with E-state index in [-0.39, 0.29) is 11.3 Å². The molecule has 0 saturated carbocycles. The topological polar surface area (TPSA) is 153 Å². The Morgan fingerprint density at radius 1 is 1.08 bits per heavy atom. The maximum atomic E-state index is 12.1. The third kappa shape index (κ3) is 3.02. The molecule has 2 heterocycles. The smallest absolute Gasteiger partial charge is 0.335 e. The Morgan fingerprint density at radius 3 is 2.50 bits per heavy atom. The normalized spacial score (nSPS) is 11.1. The summed E-state index contributed by atoms with van der Waals surface area (Å²) in [5.41, 5.74) is -2.60. The average Bonchev–Trinajstić information content (AvgIpc) is 2.57. The molecular formula is C16H13N5O5. The van der Waals surface area contributed by atoms with Gasteiger partial charge in [-0.25, -0.2) is 19.1 Å². The van der Waals surface area contributed by atoms with Crippen molar-refractivity contribution in [1.29, 1.82) is 0 Å². The SMILES string of the molecule is Cc1ccccc1-n1c(O)c(C=Nc2c[nH]c(=O)[nH]c2=O)c(=O)[nH]c1=O. The van der Waals surface area contributed by atoms with Crippen molar-refractivity contribution in [2.45, 2.75) is 6.92 Å². The van der Waals surface area contributed by atoms with Crippen LogP contribution in [0.15, 0.2) is 54.6 Å². The molecule has 0 amide bonds. The summed E-state index contributed by atoms with van der Waals surface area (Å²) in [5.74, 6) is -0.627. The number of H-pyrrole nitrogens is 3. The van der Waals surface area contributed by atoms with E-state index in [2.05, 4.69) is 15.0 Å². The highest BCUT2D eigenvalue weighted by Gasteiger charge is 2.15. The highest BCUT2D eigenvalue weighted by atomic mass is 16.3. The Morgan fingerprint density at radius 2 is 1.81 bits per heavy atom. The predicted octanol–water partition coefficient (Wildman–Crippen LogP) is -0.333. The summed E-state index contributed by atoms with van der Waals surface area (Å²) in [7, 11) is 0. The lowest BCUT2D eigenvalue weighted by Crippen LogP contribution is -2.31. The number of aromatic hydroxyl groups is 1. The van der Waals surface area contributed by atoms with Gasteiger partial charge in [-0.3, -0.25) is 19.6 Å². The number of hydrogen-bond acceptors (Lipinski definition) is 6. The Balaban J connectivity index is 2.19. The van der Waals surface area contributed by atoms with Crippen LogP contribution in [-0.4, -0.2) is 30.8 Å². The van der Waals surface area contributed by atoms with Crippen LogP contribution in [0.1, 0.15) is 11.1 Å². The zero-order chi connectivity index (χ0) is 18.8. The molecule has 132 valence electrons. The Kier molecular flexibility index (Phi) is 4.23. The van der Waals surface area contributed by atoms with E-state index < -0.39 is 28.4 Å². The van der Waals surface area contributed by atoms with Crippen LogP contribution in [0.5, 0.6) is 5.88 Å². The molecule has 0 fully saturated rings. The number of rotatable bonds is 3. The molecule has 0 aliphatic heterocycles. The first-order chi connectivity index (χ1) is 12.4. The molecular weight excluding hydrogens is 342 g/mol. The molecule has 3 rings (SSSR count). The van der Waals surface area contributed by atoms with Gasteiger partial charge in [0.1, 0.15) is 11.3 Å². The molecule has 4 N–H and O–H groups in total. The molecule has 0 aliphatic carbocycles. The molecule has 0 radical (unpaired) electrons. The first-order valence-electron chi connectivity index (χ1n) is 7.39. The molecule has 0 bridgehead atoms. The van der Waals surface area contributed by atoms with Crippen molar-refractivity contribution >= 4 is 11.9 Å². The fourth-order valence-corrected chi connectivity index (χ4v) is 2.33. The van der Waals surface area contributed by atoms with Gasteiger partial charge in [0.15, 0.2) is 0 Å². The first kappa shape index (κ1) is 16.9. The van der Waals surface area contributed by atoms with Crippen molar-refractivity contribution in [3.63, 3.8) is 0 Å². The molecule has 0 atom stereocenters. The lowest BCUT2D eigenvalue weighted by Gasteiger charge is -2.11. The van der Waals surface area contributed by atoms with E-state index in [4.69, 9.17) is 0 Å². The monoisotopic (exact) mass is 355 g/mol. The standard InChI is InChI=1S/C16H13N5O5/c1-8-4-2-3-5-11(8)21-14(24)9(12(22)20-16(21)26)6-17-10-7-18-15(25)19-13(10)23/h2-7,24H,1H3,(H,20,22,26)(H2,18,19,23,25). The number of aryl methyl sites for hydroxylation is 1. The fourth-order valence-electron chi connectivity index (χ4n) is 2.33. The number of nitrogens with one attached hydrogen (secondary N) is 3. The Bertz CT molecular complexity index is 1250. The molecule has 3 aromatic rings. The van der Waals surface area contributed by atoms with E-state index in [0.29, 0.717) is 11.3 Å². The van der Waals surface area contributed by atoms with Crippen LogP contribution in [-0.2, 0) is 0 Å². The second kappa shape index (κ2) is 6.51. The number of hydrogen-bond donors (Lipinski definition) is 4. The summed E-state index contributed by atoms with van der Waals surface area (Å²) in [5, 5.41) is 10.4. The summed E-state index contributed by atoms with van der Waals surface area (Å²) in [6.07, 6.45) is 1.99. The van der Waals surface area contributed by atoms with Gasteiger partial charge in [0.05, 0.1) is 5.69 Å². The van der Waals surface area contributed by atoms with Gasteiger partial charge >= 0.3 is 11.4 Å². The van der Waals surface area contributed by atoms with Gasteiger partial charge in [-0.2, -0.15) is 0 Å². The van der Waals surface area contributed by atoms with Crippen LogP contribution in [0.3, 0.4) is 0 Å². The van der Waals surface area contributed by atoms with Gasteiger partial charge in [-0.15, -0.1) is 0 Å². The number of aliphatic imine (C=N–C) groups is 1. The zero-order valence-electron chi connectivity index (χ0n) is 13.4. The molecule has 1 aromatic carbocycles. The lowest BCUT2D eigenvalue weighted by molar-refractivity contribution is 0.430. The van der Waals surface area contributed by atoms with Gasteiger partial charge in [-0.05, 0) is 18.6 Å². The Labute approximate surface area is 144 Å². The summed E-state index contributed by atoms with van der Waals surface area (Å²) in [6, 6.07) is 6.77. The van der Waals surface area contributed by atoms with Crippen molar-refractivity contribution in [3.05, 3.63) is 83.3 Å². The largest absolute Gasteiger partial charge is 0.493 e. The molecule has 0 unspecified atom stereocenters. The molecule has 26 heavy (non-hydrogen) atoms. The van der Waals surface area contributed by atoms with Crippen molar-refractivity contribution < 1.29 is 5.11 Å². The van der Waals surface area contributed by atoms with E-state index in [1.54, 1.807) is 31.2 Å². The van der Waals surface area contributed by atoms with Gasteiger partial charge in [-0.1, -0.05) is 18.2 Å². The summed E-state index contributed by atoms with van der Waals surface area (Å²) >= 11 is 0. The van der Waals surface area contributed by atoms with Gasteiger partial charge < -0.3 is 10.1 Å². The van der Waals surface area contributed by atoms with Gasteiger partial charge in [0, 0.05) is 12.4 Å². The average molecular weight is 355 g/mol. The molecule has 10 heteroatoms. The van der Waals surface area contributed by atoms with Crippen molar-refractivity contribution in [3.8, 4) is 11.6 Å². The minimum atomic E-state index is -0.873. The van der Waals surface area contributed by atoms with Crippen LogP contribution >= 0.6 is 0 Å². The van der Waals surface area contributed by atoms with Crippen LogP contribution in [0.4, 0.5) is 5.69 Å². The third-order valence-electron chi connectivity index (χ3n) is 3.61.